The van der Waals surface area contributed by atoms with Crippen molar-refractivity contribution in [2.45, 2.75) is 13.2 Å². The summed E-state index contributed by atoms with van der Waals surface area (Å²) in [4.78, 5) is 11.7. The molecule has 1 heterocycles. The Morgan fingerprint density at radius 3 is 2.71 bits per heavy atom. The molecule has 2 aromatic rings. The molecule has 0 radical (unpaired) electrons. The Bertz CT molecular complexity index is 480. The Morgan fingerprint density at radius 2 is 2.12 bits per heavy atom. The average Bonchev–Trinajstić information content (AvgIpc) is 2.89. The van der Waals surface area contributed by atoms with E-state index in [1.165, 1.54) is 0 Å². The van der Waals surface area contributed by atoms with Crippen LogP contribution in [0, 0.1) is 0 Å². The maximum atomic E-state index is 11.7. The molecule has 0 spiro atoms. The monoisotopic (exact) mass is 233 g/mol. The minimum absolute atomic E-state index is 0.0369. The largest absolute Gasteiger partial charge is 0.392 e. The van der Waals surface area contributed by atoms with E-state index in [0.29, 0.717) is 11.4 Å². The number of benzene rings is 1. The number of aliphatic hydroxyl groups is 1. The summed E-state index contributed by atoms with van der Waals surface area (Å²) < 4.78 is 0. The summed E-state index contributed by atoms with van der Waals surface area (Å²) in [6, 6.07) is 6.70. The molecule has 1 aromatic heterocycles. The van der Waals surface area contributed by atoms with Gasteiger partial charge in [0.15, 0.2) is 5.82 Å². The molecule has 3 N–H and O–H groups in total. The van der Waals surface area contributed by atoms with Crippen LogP contribution >= 0.6 is 0 Å². The van der Waals surface area contributed by atoms with Gasteiger partial charge < -0.3 is 10.4 Å². The molecular weight excluding hydrogens is 222 g/mol. The number of aromatic amines is 1. The second kappa shape index (κ2) is 5.17. The fraction of sp³-hybridized carbons (Fsp3) is 0.200. The molecule has 7 heteroatoms. The molecule has 0 saturated carbocycles. The van der Waals surface area contributed by atoms with Crippen molar-refractivity contribution >= 4 is 5.91 Å². The first-order valence-electron chi connectivity index (χ1n) is 5.00. The number of carbonyl (C=O) groups is 1. The number of hydrogen-bond acceptors (Lipinski definition) is 5. The first-order valence-corrected chi connectivity index (χ1v) is 5.00. The molecular formula is C10H11N5O2. The SMILES string of the molecule is O=C(NCc1nn[nH]n1)c1ccc(CO)cc1. The summed E-state index contributed by atoms with van der Waals surface area (Å²) >= 11 is 0. The van der Waals surface area contributed by atoms with E-state index in [4.69, 9.17) is 5.11 Å². The standard InChI is InChI=1S/C10H11N5O2/c16-6-7-1-3-8(4-2-7)10(17)11-5-9-12-14-15-13-9/h1-4,16H,5-6H2,(H,11,17)(H,12,13,14,15). The van der Waals surface area contributed by atoms with Crippen molar-refractivity contribution in [2.24, 2.45) is 0 Å². The Morgan fingerprint density at radius 1 is 1.35 bits per heavy atom. The highest BCUT2D eigenvalue weighted by Crippen LogP contribution is 2.04. The maximum Gasteiger partial charge on any atom is 0.251 e. The molecule has 0 unspecified atom stereocenters. The number of hydrogen-bond donors (Lipinski definition) is 3. The van der Waals surface area contributed by atoms with Gasteiger partial charge in [-0.05, 0) is 17.7 Å². The highest BCUT2D eigenvalue weighted by atomic mass is 16.3. The van der Waals surface area contributed by atoms with E-state index in [1.54, 1.807) is 24.3 Å². The minimum Gasteiger partial charge on any atom is -0.392 e. The zero-order valence-corrected chi connectivity index (χ0v) is 8.92. The van der Waals surface area contributed by atoms with E-state index in [1.807, 2.05) is 0 Å². The number of amides is 1. The second-order valence-electron chi connectivity index (χ2n) is 3.37. The number of aromatic nitrogens is 4. The quantitative estimate of drug-likeness (QED) is 0.668. The molecule has 1 amide bonds. The van der Waals surface area contributed by atoms with E-state index in [2.05, 4.69) is 25.9 Å². The van der Waals surface area contributed by atoms with Gasteiger partial charge in [-0.2, -0.15) is 5.21 Å². The van der Waals surface area contributed by atoms with Crippen LogP contribution in [0.4, 0.5) is 0 Å². The minimum atomic E-state index is -0.223. The van der Waals surface area contributed by atoms with Crippen LogP contribution in [0.15, 0.2) is 24.3 Å². The summed E-state index contributed by atoms with van der Waals surface area (Å²) in [5, 5.41) is 24.6. The van der Waals surface area contributed by atoms with Crippen molar-refractivity contribution in [3.63, 3.8) is 0 Å². The third-order valence-corrected chi connectivity index (χ3v) is 2.19. The van der Waals surface area contributed by atoms with Crippen LogP contribution in [-0.2, 0) is 13.2 Å². The Hall–Kier alpha value is -2.28. The fourth-order valence-corrected chi connectivity index (χ4v) is 1.28. The normalized spacial score (nSPS) is 10.2. The summed E-state index contributed by atoms with van der Waals surface area (Å²) in [6.45, 7) is 0.182. The van der Waals surface area contributed by atoms with E-state index in [9.17, 15) is 4.79 Å². The average molecular weight is 233 g/mol. The van der Waals surface area contributed by atoms with Crippen molar-refractivity contribution in [3.8, 4) is 0 Å². The first kappa shape index (κ1) is 11.2. The summed E-state index contributed by atoms with van der Waals surface area (Å²) in [5.74, 6) is 0.199. The molecule has 0 saturated heterocycles. The number of rotatable bonds is 4. The van der Waals surface area contributed by atoms with Crippen molar-refractivity contribution in [3.05, 3.63) is 41.2 Å². The van der Waals surface area contributed by atoms with E-state index < -0.39 is 0 Å². The molecule has 0 aliphatic heterocycles. The van der Waals surface area contributed by atoms with Crippen LogP contribution in [0.25, 0.3) is 0 Å². The third-order valence-electron chi connectivity index (χ3n) is 2.19. The van der Waals surface area contributed by atoms with Crippen molar-refractivity contribution in [1.29, 1.82) is 0 Å². The van der Waals surface area contributed by atoms with Crippen molar-refractivity contribution in [2.75, 3.05) is 0 Å². The molecule has 0 aliphatic rings. The Labute approximate surface area is 96.9 Å². The van der Waals surface area contributed by atoms with Crippen LogP contribution < -0.4 is 5.32 Å². The predicted octanol–water partition coefficient (Wildman–Crippen LogP) is -0.378. The lowest BCUT2D eigenvalue weighted by Gasteiger charge is -2.03. The molecule has 0 aliphatic carbocycles. The number of H-pyrrole nitrogens is 1. The van der Waals surface area contributed by atoms with Crippen LogP contribution in [-0.4, -0.2) is 31.6 Å². The highest BCUT2D eigenvalue weighted by Gasteiger charge is 2.06. The fourth-order valence-electron chi connectivity index (χ4n) is 1.28. The number of nitrogens with one attached hydrogen (secondary N) is 2. The smallest absolute Gasteiger partial charge is 0.251 e. The highest BCUT2D eigenvalue weighted by molar-refractivity contribution is 5.94. The summed E-state index contributed by atoms with van der Waals surface area (Å²) in [7, 11) is 0. The molecule has 88 valence electrons. The van der Waals surface area contributed by atoms with Crippen molar-refractivity contribution < 1.29 is 9.90 Å². The van der Waals surface area contributed by atoms with E-state index in [-0.39, 0.29) is 19.1 Å². The van der Waals surface area contributed by atoms with Crippen LogP contribution in [0.1, 0.15) is 21.7 Å². The van der Waals surface area contributed by atoms with E-state index in [0.717, 1.165) is 5.56 Å². The number of nitrogens with zero attached hydrogens (tertiary/aromatic N) is 3. The Balaban J connectivity index is 1.95. The lowest BCUT2D eigenvalue weighted by atomic mass is 10.1. The molecule has 0 bridgehead atoms. The molecule has 0 fully saturated rings. The van der Waals surface area contributed by atoms with Gasteiger partial charge in [0.2, 0.25) is 0 Å². The maximum absolute atomic E-state index is 11.7. The lowest BCUT2D eigenvalue weighted by molar-refractivity contribution is 0.0950. The molecule has 2 rings (SSSR count). The molecule has 0 atom stereocenters. The summed E-state index contributed by atoms with van der Waals surface area (Å²) in [6.07, 6.45) is 0. The second-order valence-corrected chi connectivity index (χ2v) is 3.37. The van der Waals surface area contributed by atoms with Gasteiger partial charge in [0.25, 0.3) is 5.91 Å². The van der Waals surface area contributed by atoms with Gasteiger partial charge in [0, 0.05) is 5.56 Å². The number of carbonyl (C=O) groups excluding carboxylic acids is 1. The molecule has 17 heavy (non-hydrogen) atoms. The molecule has 1 aromatic carbocycles. The van der Waals surface area contributed by atoms with Gasteiger partial charge in [0.05, 0.1) is 13.2 Å². The predicted molar refractivity (Wildman–Crippen MR) is 57.7 cm³/mol. The third kappa shape index (κ3) is 2.85. The Kier molecular flexibility index (Phi) is 3.41. The van der Waals surface area contributed by atoms with Gasteiger partial charge in [-0.3, -0.25) is 4.79 Å². The lowest BCUT2D eigenvalue weighted by Crippen LogP contribution is -2.23. The number of aliphatic hydroxyl groups excluding tert-OH is 1. The first-order chi connectivity index (χ1) is 8.29. The van der Waals surface area contributed by atoms with Crippen molar-refractivity contribution in [1.82, 2.24) is 25.9 Å². The van der Waals surface area contributed by atoms with Gasteiger partial charge in [-0.25, -0.2) is 0 Å². The van der Waals surface area contributed by atoms with Gasteiger partial charge in [-0.15, -0.1) is 10.2 Å². The van der Waals surface area contributed by atoms with E-state index >= 15 is 0 Å². The topological polar surface area (TPSA) is 104 Å². The van der Waals surface area contributed by atoms with Crippen LogP contribution in [0.2, 0.25) is 0 Å². The summed E-state index contributed by atoms with van der Waals surface area (Å²) in [5.41, 5.74) is 1.28. The van der Waals surface area contributed by atoms with Gasteiger partial charge >= 0.3 is 0 Å². The zero-order valence-electron chi connectivity index (χ0n) is 8.92. The van der Waals surface area contributed by atoms with Crippen LogP contribution in [0.3, 0.4) is 0 Å². The van der Waals surface area contributed by atoms with Crippen LogP contribution in [0.5, 0.6) is 0 Å². The molecule has 7 nitrogen and oxygen atoms in total. The van der Waals surface area contributed by atoms with Gasteiger partial charge in [0.1, 0.15) is 0 Å². The number of tetrazole rings is 1. The van der Waals surface area contributed by atoms with Gasteiger partial charge in [-0.1, -0.05) is 17.3 Å². The zero-order chi connectivity index (χ0) is 12.1.